The van der Waals surface area contributed by atoms with Gasteiger partial charge in [0.25, 0.3) is 0 Å². The zero-order chi connectivity index (χ0) is 13.4. The highest BCUT2D eigenvalue weighted by Gasteiger charge is 2.39. The van der Waals surface area contributed by atoms with Crippen molar-refractivity contribution in [3.63, 3.8) is 0 Å². The third kappa shape index (κ3) is 2.10. The summed E-state index contributed by atoms with van der Waals surface area (Å²) >= 11 is 2.97. The molecule has 1 aliphatic rings. The fourth-order valence-electron chi connectivity index (χ4n) is 1.92. The van der Waals surface area contributed by atoms with Crippen LogP contribution in [0.4, 0.5) is 14.5 Å². The highest BCUT2D eigenvalue weighted by atomic mass is 79.9. The molecule has 1 unspecified atom stereocenters. The largest absolute Gasteiger partial charge is 0.481 e. The highest BCUT2D eigenvalue weighted by molar-refractivity contribution is 9.10. The van der Waals surface area contributed by atoms with E-state index in [-0.39, 0.29) is 23.1 Å². The summed E-state index contributed by atoms with van der Waals surface area (Å²) in [6.07, 6.45) is 0.109. The first-order valence-electron chi connectivity index (χ1n) is 5.10. The Morgan fingerprint density at radius 1 is 1.44 bits per heavy atom. The standard InChI is InChI=1S/C11H8BrF2NO3/c12-7-3-5(13)4-8(14)9(7)15-2-1-6(10(15)16)11(17)18/h3-4,6H,1-2H2,(H,17,18). The van der Waals surface area contributed by atoms with Gasteiger partial charge in [-0.15, -0.1) is 0 Å². The van der Waals surface area contributed by atoms with E-state index in [0.717, 1.165) is 11.0 Å². The highest BCUT2D eigenvalue weighted by Crippen LogP contribution is 2.34. The molecule has 1 aliphatic heterocycles. The van der Waals surface area contributed by atoms with E-state index in [2.05, 4.69) is 15.9 Å². The molecule has 1 N–H and O–H groups in total. The molecular formula is C11H8BrF2NO3. The Balaban J connectivity index is 2.40. The molecule has 1 amide bonds. The summed E-state index contributed by atoms with van der Waals surface area (Å²) in [5.41, 5.74) is -0.120. The summed E-state index contributed by atoms with van der Waals surface area (Å²) in [7, 11) is 0. The lowest BCUT2D eigenvalue weighted by Crippen LogP contribution is -2.31. The number of carbonyl (C=O) groups is 2. The van der Waals surface area contributed by atoms with Crippen LogP contribution in [0.5, 0.6) is 0 Å². The lowest BCUT2D eigenvalue weighted by atomic mass is 10.1. The monoisotopic (exact) mass is 319 g/mol. The Morgan fingerprint density at radius 3 is 2.61 bits per heavy atom. The Hall–Kier alpha value is -1.50. The summed E-state index contributed by atoms with van der Waals surface area (Å²) < 4.78 is 26.7. The van der Waals surface area contributed by atoms with Gasteiger partial charge in [-0.05, 0) is 28.4 Å². The van der Waals surface area contributed by atoms with E-state index in [0.29, 0.717) is 6.07 Å². The topological polar surface area (TPSA) is 57.6 Å². The number of anilines is 1. The second kappa shape index (κ2) is 4.64. The van der Waals surface area contributed by atoms with Gasteiger partial charge in [0.05, 0.1) is 5.69 Å². The number of benzene rings is 1. The van der Waals surface area contributed by atoms with E-state index in [1.807, 2.05) is 0 Å². The van der Waals surface area contributed by atoms with Crippen LogP contribution in [0.25, 0.3) is 0 Å². The zero-order valence-electron chi connectivity index (χ0n) is 8.99. The number of rotatable bonds is 2. The van der Waals surface area contributed by atoms with Crippen molar-refractivity contribution in [2.45, 2.75) is 6.42 Å². The molecule has 4 nitrogen and oxygen atoms in total. The Kier molecular flexibility index (Phi) is 3.34. The number of aliphatic carboxylic acids is 1. The second-order valence-corrected chi connectivity index (χ2v) is 4.74. The van der Waals surface area contributed by atoms with Crippen molar-refractivity contribution in [2.75, 3.05) is 11.4 Å². The van der Waals surface area contributed by atoms with Gasteiger partial charge in [-0.1, -0.05) is 0 Å². The number of carbonyl (C=O) groups excluding carboxylic acids is 1. The minimum atomic E-state index is -1.24. The van der Waals surface area contributed by atoms with Crippen LogP contribution in [0.3, 0.4) is 0 Å². The van der Waals surface area contributed by atoms with E-state index >= 15 is 0 Å². The van der Waals surface area contributed by atoms with Gasteiger partial charge in [0.15, 0.2) is 5.82 Å². The van der Waals surface area contributed by atoms with E-state index in [1.165, 1.54) is 0 Å². The third-order valence-electron chi connectivity index (χ3n) is 2.76. The molecule has 1 heterocycles. The first-order valence-corrected chi connectivity index (χ1v) is 5.90. The zero-order valence-corrected chi connectivity index (χ0v) is 10.6. The summed E-state index contributed by atoms with van der Waals surface area (Å²) in [6, 6.07) is 1.68. The predicted molar refractivity (Wildman–Crippen MR) is 62.2 cm³/mol. The Morgan fingerprint density at radius 2 is 2.11 bits per heavy atom. The molecular weight excluding hydrogens is 312 g/mol. The summed E-state index contributed by atoms with van der Waals surface area (Å²) in [5.74, 6) is -4.76. The van der Waals surface area contributed by atoms with Gasteiger partial charge in [0, 0.05) is 17.1 Å². The fraction of sp³-hybridized carbons (Fsp3) is 0.273. The van der Waals surface area contributed by atoms with Crippen molar-refractivity contribution in [1.82, 2.24) is 0 Å². The number of amides is 1. The third-order valence-corrected chi connectivity index (χ3v) is 3.36. The molecule has 1 aromatic rings. The molecule has 1 atom stereocenters. The smallest absolute Gasteiger partial charge is 0.316 e. The first-order chi connectivity index (χ1) is 8.41. The van der Waals surface area contributed by atoms with E-state index in [4.69, 9.17) is 5.11 Å². The van der Waals surface area contributed by atoms with Gasteiger partial charge in [0.2, 0.25) is 5.91 Å². The van der Waals surface area contributed by atoms with Crippen molar-refractivity contribution < 1.29 is 23.5 Å². The maximum atomic E-state index is 13.7. The first kappa shape index (κ1) is 12.9. The van der Waals surface area contributed by atoms with Gasteiger partial charge in [-0.2, -0.15) is 0 Å². The molecule has 0 bridgehead atoms. The number of carboxylic acid groups (broad SMARTS) is 1. The van der Waals surface area contributed by atoms with E-state index in [1.54, 1.807) is 0 Å². The molecule has 1 fully saturated rings. The number of hydrogen-bond acceptors (Lipinski definition) is 2. The van der Waals surface area contributed by atoms with Crippen molar-refractivity contribution >= 4 is 33.5 Å². The van der Waals surface area contributed by atoms with Crippen LogP contribution in [0.2, 0.25) is 0 Å². The predicted octanol–water partition coefficient (Wildman–Crippen LogP) is 2.16. The normalized spacial score (nSPS) is 19.4. The molecule has 2 rings (SSSR count). The summed E-state index contributed by atoms with van der Waals surface area (Å²) in [5, 5.41) is 8.82. The quantitative estimate of drug-likeness (QED) is 0.850. The van der Waals surface area contributed by atoms with Gasteiger partial charge in [0.1, 0.15) is 11.7 Å². The lowest BCUT2D eigenvalue weighted by Gasteiger charge is -2.18. The van der Waals surface area contributed by atoms with Crippen LogP contribution in [-0.4, -0.2) is 23.5 Å². The number of halogens is 3. The van der Waals surface area contributed by atoms with Crippen molar-refractivity contribution in [3.05, 3.63) is 28.2 Å². The van der Waals surface area contributed by atoms with Crippen LogP contribution in [0, 0.1) is 17.6 Å². The molecule has 0 radical (unpaired) electrons. The van der Waals surface area contributed by atoms with Crippen LogP contribution < -0.4 is 4.90 Å². The van der Waals surface area contributed by atoms with Crippen LogP contribution in [0.15, 0.2) is 16.6 Å². The van der Waals surface area contributed by atoms with Crippen LogP contribution in [-0.2, 0) is 9.59 Å². The number of nitrogens with zero attached hydrogens (tertiary/aromatic N) is 1. The molecule has 0 saturated carbocycles. The minimum absolute atomic E-state index is 0.0828. The molecule has 0 aromatic heterocycles. The van der Waals surface area contributed by atoms with Gasteiger partial charge < -0.3 is 10.0 Å². The molecule has 7 heteroatoms. The molecule has 1 saturated heterocycles. The molecule has 0 aliphatic carbocycles. The van der Waals surface area contributed by atoms with Crippen molar-refractivity contribution in [1.29, 1.82) is 0 Å². The SMILES string of the molecule is O=C(O)C1CCN(c2c(F)cc(F)cc2Br)C1=O. The summed E-state index contributed by atoms with van der Waals surface area (Å²) in [6.45, 7) is 0.0942. The lowest BCUT2D eigenvalue weighted by molar-refractivity contribution is -0.144. The molecule has 18 heavy (non-hydrogen) atoms. The Bertz CT molecular complexity index is 512. The van der Waals surface area contributed by atoms with Gasteiger partial charge in [-0.25, -0.2) is 8.78 Å². The van der Waals surface area contributed by atoms with E-state index in [9.17, 15) is 18.4 Å². The maximum absolute atomic E-state index is 13.7. The van der Waals surface area contributed by atoms with Crippen LogP contribution in [0.1, 0.15) is 6.42 Å². The fourth-order valence-corrected chi connectivity index (χ4v) is 2.55. The second-order valence-electron chi connectivity index (χ2n) is 3.89. The summed E-state index contributed by atoms with van der Waals surface area (Å²) in [4.78, 5) is 23.6. The number of carboxylic acids is 1. The average molecular weight is 320 g/mol. The van der Waals surface area contributed by atoms with Crippen molar-refractivity contribution in [2.24, 2.45) is 5.92 Å². The van der Waals surface area contributed by atoms with Crippen LogP contribution >= 0.6 is 15.9 Å². The van der Waals surface area contributed by atoms with Gasteiger partial charge in [-0.3, -0.25) is 9.59 Å². The van der Waals surface area contributed by atoms with Gasteiger partial charge >= 0.3 is 5.97 Å². The van der Waals surface area contributed by atoms with E-state index < -0.39 is 29.4 Å². The van der Waals surface area contributed by atoms with Crippen molar-refractivity contribution in [3.8, 4) is 0 Å². The molecule has 96 valence electrons. The minimum Gasteiger partial charge on any atom is -0.481 e. The molecule has 1 aromatic carbocycles. The molecule has 0 spiro atoms. The maximum Gasteiger partial charge on any atom is 0.316 e. The number of hydrogen-bond donors (Lipinski definition) is 1. The Labute approximate surface area is 109 Å². The average Bonchev–Trinajstić information content (AvgIpc) is 2.59.